The van der Waals surface area contributed by atoms with Crippen LogP contribution in [-0.2, 0) is 0 Å². The first-order valence-corrected chi connectivity index (χ1v) is 3.87. The molecule has 0 bridgehead atoms. The fourth-order valence-electron chi connectivity index (χ4n) is 0.312. The highest BCUT2D eigenvalue weighted by atomic mass is 32.2. The predicted molar refractivity (Wildman–Crippen MR) is 39.2 cm³/mol. The lowest BCUT2D eigenvalue weighted by atomic mass is 10.6. The summed E-state index contributed by atoms with van der Waals surface area (Å²) in [5, 5.41) is 8.32. The van der Waals surface area contributed by atoms with Crippen molar-refractivity contribution < 1.29 is 5.11 Å². The van der Waals surface area contributed by atoms with Gasteiger partial charge in [0.05, 0.1) is 6.61 Å². The minimum Gasteiger partial charge on any atom is -0.396 e. The normalized spacial score (nSPS) is 10.8. The molecule has 0 saturated heterocycles. The highest BCUT2D eigenvalue weighted by molar-refractivity contribution is 7.99. The molecular formula is C6H12OS. The van der Waals surface area contributed by atoms with Crippen molar-refractivity contribution in [1.29, 1.82) is 0 Å². The number of hydrogen-bond acceptors (Lipinski definition) is 2. The molecule has 8 heavy (non-hydrogen) atoms. The number of hydrogen-bond donors (Lipinski definition) is 1. The molecule has 0 aliphatic carbocycles. The van der Waals surface area contributed by atoms with Crippen LogP contribution in [0.3, 0.4) is 0 Å². The van der Waals surface area contributed by atoms with E-state index in [1.807, 2.05) is 13.0 Å². The van der Waals surface area contributed by atoms with Gasteiger partial charge >= 0.3 is 0 Å². The van der Waals surface area contributed by atoms with Crippen LogP contribution in [0, 0.1) is 0 Å². The van der Waals surface area contributed by atoms with Gasteiger partial charge in [-0.15, -0.1) is 0 Å². The minimum absolute atomic E-state index is 0.294. The second-order valence-corrected chi connectivity index (χ2v) is 2.52. The van der Waals surface area contributed by atoms with Crippen LogP contribution in [0.5, 0.6) is 0 Å². The maximum Gasteiger partial charge on any atom is 0.0521 e. The molecule has 0 aliphatic heterocycles. The molecular weight excluding hydrogens is 120 g/mol. The zero-order chi connectivity index (χ0) is 6.24. The van der Waals surface area contributed by atoms with Crippen LogP contribution in [0.15, 0.2) is 12.2 Å². The second kappa shape index (κ2) is 7.05. The van der Waals surface area contributed by atoms with Gasteiger partial charge in [-0.2, -0.15) is 11.8 Å². The van der Waals surface area contributed by atoms with Crippen LogP contribution in [0.2, 0.25) is 0 Å². The molecule has 0 fully saturated rings. The first kappa shape index (κ1) is 8.05. The number of aliphatic hydroxyl groups excluding tert-OH is 1. The Hall–Kier alpha value is 0.0500. The van der Waals surface area contributed by atoms with Gasteiger partial charge < -0.3 is 5.11 Å². The van der Waals surface area contributed by atoms with E-state index in [0.29, 0.717) is 6.61 Å². The molecule has 0 unspecified atom stereocenters. The maximum atomic E-state index is 8.32. The third-order valence-electron chi connectivity index (χ3n) is 0.685. The molecule has 0 atom stereocenters. The monoisotopic (exact) mass is 132 g/mol. The number of allylic oxidation sites excluding steroid dienone is 1. The zero-order valence-corrected chi connectivity index (χ0v) is 5.95. The van der Waals surface area contributed by atoms with Crippen molar-refractivity contribution in [3.05, 3.63) is 12.2 Å². The molecule has 0 amide bonds. The summed E-state index contributed by atoms with van der Waals surface area (Å²) in [5.41, 5.74) is 0. The minimum atomic E-state index is 0.294. The quantitative estimate of drug-likeness (QED) is 0.459. The highest BCUT2D eigenvalue weighted by Gasteiger charge is 1.78. The summed E-state index contributed by atoms with van der Waals surface area (Å²) in [6, 6.07) is 0. The third kappa shape index (κ3) is 6.05. The van der Waals surface area contributed by atoms with Gasteiger partial charge in [-0.25, -0.2) is 0 Å². The van der Waals surface area contributed by atoms with Crippen molar-refractivity contribution in [2.45, 2.75) is 6.92 Å². The molecule has 0 heterocycles. The number of rotatable bonds is 4. The Bertz CT molecular complexity index is 61.5. The summed E-state index contributed by atoms with van der Waals surface area (Å²) >= 11 is 1.74. The van der Waals surface area contributed by atoms with Crippen molar-refractivity contribution in [2.75, 3.05) is 18.1 Å². The van der Waals surface area contributed by atoms with E-state index in [2.05, 4.69) is 6.08 Å². The Morgan fingerprint density at radius 2 is 2.38 bits per heavy atom. The highest BCUT2D eigenvalue weighted by Crippen LogP contribution is 1.97. The van der Waals surface area contributed by atoms with E-state index >= 15 is 0 Å². The molecule has 0 rings (SSSR count). The number of aliphatic hydroxyl groups is 1. The van der Waals surface area contributed by atoms with E-state index in [0.717, 1.165) is 11.5 Å². The van der Waals surface area contributed by atoms with Crippen molar-refractivity contribution in [1.82, 2.24) is 0 Å². The van der Waals surface area contributed by atoms with Crippen molar-refractivity contribution in [3.63, 3.8) is 0 Å². The molecule has 0 spiro atoms. The Morgan fingerprint density at radius 1 is 1.62 bits per heavy atom. The molecule has 0 aromatic rings. The molecule has 0 aromatic carbocycles. The van der Waals surface area contributed by atoms with Crippen LogP contribution in [0.4, 0.5) is 0 Å². The molecule has 0 aliphatic rings. The summed E-state index contributed by atoms with van der Waals surface area (Å²) < 4.78 is 0. The molecule has 2 heteroatoms. The first-order valence-electron chi connectivity index (χ1n) is 2.71. The van der Waals surface area contributed by atoms with Crippen LogP contribution in [-0.4, -0.2) is 23.2 Å². The molecule has 48 valence electrons. The fourth-order valence-corrected chi connectivity index (χ4v) is 0.936. The fraction of sp³-hybridized carbons (Fsp3) is 0.667. The van der Waals surface area contributed by atoms with Crippen molar-refractivity contribution in [2.24, 2.45) is 0 Å². The lowest BCUT2D eigenvalue weighted by Gasteiger charge is -1.89. The van der Waals surface area contributed by atoms with Crippen LogP contribution in [0.25, 0.3) is 0 Å². The van der Waals surface area contributed by atoms with E-state index in [1.54, 1.807) is 11.8 Å². The Kier molecular flexibility index (Phi) is 7.09. The summed E-state index contributed by atoms with van der Waals surface area (Å²) in [5.74, 6) is 1.88. The van der Waals surface area contributed by atoms with Gasteiger partial charge in [0.25, 0.3) is 0 Å². The summed E-state index contributed by atoms with van der Waals surface area (Å²) in [6.45, 7) is 2.29. The van der Waals surface area contributed by atoms with Crippen LogP contribution >= 0.6 is 11.8 Å². The van der Waals surface area contributed by atoms with Crippen molar-refractivity contribution >= 4 is 11.8 Å². The molecule has 0 saturated carbocycles. The zero-order valence-electron chi connectivity index (χ0n) is 5.13. The van der Waals surface area contributed by atoms with E-state index in [4.69, 9.17) is 5.11 Å². The third-order valence-corrected chi connectivity index (χ3v) is 1.58. The Morgan fingerprint density at radius 3 is 2.88 bits per heavy atom. The molecule has 1 N–H and O–H groups in total. The summed E-state index contributed by atoms with van der Waals surface area (Å²) in [6.07, 6.45) is 4.10. The van der Waals surface area contributed by atoms with Crippen LogP contribution in [0.1, 0.15) is 6.92 Å². The summed E-state index contributed by atoms with van der Waals surface area (Å²) in [7, 11) is 0. The van der Waals surface area contributed by atoms with Gasteiger partial charge in [0.2, 0.25) is 0 Å². The van der Waals surface area contributed by atoms with Crippen LogP contribution < -0.4 is 0 Å². The van der Waals surface area contributed by atoms with E-state index in [-0.39, 0.29) is 0 Å². The van der Waals surface area contributed by atoms with E-state index in [1.165, 1.54) is 0 Å². The van der Waals surface area contributed by atoms with E-state index in [9.17, 15) is 0 Å². The van der Waals surface area contributed by atoms with Gasteiger partial charge in [0, 0.05) is 11.5 Å². The second-order valence-electron chi connectivity index (χ2n) is 1.37. The smallest absolute Gasteiger partial charge is 0.0521 e. The first-order chi connectivity index (χ1) is 3.91. The average Bonchev–Trinajstić information content (AvgIpc) is 1.81. The SMILES string of the molecule is CC=CCSCCO. The van der Waals surface area contributed by atoms with Gasteiger partial charge in [-0.1, -0.05) is 12.2 Å². The summed E-state index contributed by atoms with van der Waals surface area (Å²) in [4.78, 5) is 0. The van der Waals surface area contributed by atoms with E-state index < -0.39 is 0 Å². The van der Waals surface area contributed by atoms with Crippen molar-refractivity contribution in [3.8, 4) is 0 Å². The standard InChI is InChI=1S/C6H12OS/c1-2-3-5-8-6-4-7/h2-3,7H,4-6H2,1H3. The molecule has 0 radical (unpaired) electrons. The lowest BCUT2D eigenvalue weighted by Crippen LogP contribution is -1.85. The van der Waals surface area contributed by atoms with Gasteiger partial charge in [-0.3, -0.25) is 0 Å². The molecule has 0 aromatic heterocycles. The molecule has 1 nitrogen and oxygen atoms in total. The largest absolute Gasteiger partial charge is 0.396 e. The Labute approximate surface area is 54.8 Å². The maximum absolute atomic E-state index is 8.32. The topological polar surface area (TPSA) is 20.2 Å². The van der Waals surface area contributed by atoms with Gasteiger partial charge in [-0.05, 0) is 6.92 Å². The van der Waals surface area contributed by atoms with Gasteiger partial charge in [0.15, 0.2) is 0 Å². The Balaban J connectivity index is 2.72. The van der Waals surface area contributed by atoms with Gasteiger partial charge in [0.1, 0.15) is 0 Å². The number of thioether (sulfide) groups is 1. The average molecular weight is 132 g/mol. The predicted octanol–water partition coefficient (Wildman–Crippen LogP) is 1.29. The lowest BCUT2D eigenvalue weighted by molar-refractivity contribution is 0.322.